The standard InChI is InChI=1S/C11H18N2O2/c1-11(10(14)15-2)6-4-8-13(11)9-5-3-7-12-9/h3-8H2,1-2H3/t11-/m0/s1. The summed E-state index contributed by atoms with van der Waals surface area (Å²) in [5.74, 6) is 0.968. The van der Waals surface area contributed by atoms with Gasteiger partial charge < -0.3 is 9.64 Å². The number of ether oxygens (including phenoxy) is 1. The van der Waals surface area contributed by atoms with E-state index in [0.29, 0.717) is 0 Å². The lowest BCUT2D eigenvalue weighted by Crippen LogP contribution is -2.51. The Bertz CT molecular complexity index is 301. The zero-order valence-electron chi connectivity index (χ0n) is 9.45. The van der Waals surface area contributed by atoms with Gasteiger partial charge in [0.05, 0.1) is 12.9 Å². The number of hydrogen-bond acceptors (Lipinski definition) is 4. The van der Waals surface area contributed by atoms with Gasteiger partial charge in [-0.2, -0.15) is 0 Å². The first kappa shape index (κ1) is 10.5. The van der Waals surface area contributed by atoms with Gasteiger partial charge in [0, 0.05) is 19.5 Å². The minimum Gasteiger partial charge on any atom is -0.467 e. The van der Waals surface area contributed by atoms with Crippen molar-refractivity contribution in [3.05, 3.63) is 0 Å². The number of carbonyl (C=O) groups excluding carboxylic acids is 1. The van der Waals surface area contributed by atoms with E-state index in [4.69, 9.17) is 4.74 Å². The Balaban J connectivity index is 2.20. The van der Waals surface area contributed by atoms with E-state index in [1.807, 2.05) is 6.92 Å². The Labute approximate surface area is 90.3 Å². The summed E-state index contributed by atoms with van der Waals surface area (Å²) in [6.07, 6.45) is 4.04. The third kappa shape index (κ3) is 1.62. The number of amidine groups is 1. The minimum atomic E-state index is -0.474. The molecule has 4 heteroatoms. The van der Waals surface area contributed by atoms with E-state index >= 15 is 0 Å². The van der Waals surface area contributed by atoms with Crippen molar-refractivity contribution >= 4 is 11.8 Å². The van der Waals surface area contributed by atoms with Crippen LogP contribution in [0.3, 0.4) is 0 Å². The number of esters is 1. The predicted molar refractivity (Wildman–Crippen MR) is 57.9 cm³/mol. The smallest absolute Gasteiger partial charge is 0.331 e. The molecule has 1 fully saturated rings. The molecule has 0 spiro atoms. The second-order valence-electron chi connectivity index (χ2n) is 4.42. The van der Waals surface area contributed by atoms with E-state index < -0.39 is 5.54 Å². The van der Waals surface area contributed by atoms with Crippen LogP contribution in [0, 0.1) is 0 Å². The quantitative estimate of drug-likeness (QED) is 0.611. The first-order chi connectivity index (χ1) is 7.18. The highest BCUT2D eigenvalue weighted by Gasteiger charge is 2.45. The van der Waals surface area contributed by atoms with Gasteiger partial charge >= 0.3 is 5.97 Å². The summed E-state index contributed by atoms with van der Waals surface area (Å²) in [4.78, 5) is 18.4. The molecule has 1 atom stereocenters. The Kier molecular flexibility index (Phi) is 2.67. The second kappa shape index (κ2) is 3.83. The van der Waals surface area contributed by atoms with Gasteiger partial charge in [0.1, 0.15) is 5.54 Å². The van der Waals surface area contributed by atoms with E-state index in [2.05, 4.69) is 9.89 Å². The van der Waals surface area contributed by atoms with Crippen molar-refractivity contribution in [3.8, 4) is 0 Å². The zero-order chi connectivity index (χ0) is 10.9. The maximum absolute atomic E-state index is 11.8. The van der Waals surface area contributed by atoms with Crippen LogP contribution in [-0.4, -0.2) is 42.4 Å². The van der Waals surface area contributed by atoms with Gasteiger partial charge in [-0.05, 0) is 26.2 Å². The molecule has 0 aromatic heterocycles. The summed E-state index contributed by atoms with van der Waals surface area (Å²) in [5.41, 5.74) is -0.474. The SMILES string of the molecule is COC(=O)[C@]1(C)CCCN1C1=NCCC1. The zero-order valence-corrected chi connectivity index (χ0v) is 9.45. The molecule has 0 amide bonds. The molecule has 1 saturated heterocycles. The monoisotopic (exact) mass is 210 g/mol. The topological polar surface area (TPSA) is 41.9 Å². The number of aliphatic imine (C=N–C) groups is 1. The maximum Gasteiger partial charge on any atom is 0.331 e. The van der Waals surface area contributed by atoms with Gasteiger partial charge in [-0.25, -0.2) is 4.79 Å². The van der Waals surface area contributed by atoms with Gasteiger partial charge in [0.15, 0.2) is 0 Å². The molecular weight excluding hydrogens is 192 g/mol. The molecule has 2 heterocycles. The van der Waals surface area contributed by atoms with Gasteiger partial charge in [-0.1, -0.05) is 0 Å². The maximum atomic E-state index is 11.8. The van der Waals surface area contributed by atoms with Crippen LogP contribution >= 0.6 is 0 Å². The number of likely N-dealkylation sites (tertiary alicyclic amines) is 1. The first-order valence-corrected chi connectivity index (χ1v) is 5.58. The Morgan fingerprint density at radius 1 is 1.53 bits per heavy atom. The molecule has 2 aliphatic rings. The molecule has 0 aromatic rings. The molecule has 15 heavy (non-hydrogen) atoms. The van der Waals surface area contributed by atoms with Crippen LogP contribution < -0.4 is 0 Å². The third-order valence-corrected chi connectivity index (χ3v) is 3.43. The number of carbonyl (C=O) groups is 1. The molecule has 4 nitrogen and oxygen atoms in total. The lowest BCUT2D eigenvalue weighted by molar-refractivity contribution is -0.150. The van der Waals surface area contributed by atoms with Gasteiger partial charge in [-0.3, -0.25) is 4.99 Å². The number of hydrogen-bond donors (Lipinski definition) is 0. The normalized spacial score (nSPS) is 30.5. The van der Waals surface area contributed by atoms with Crippen molar-refractivity contribution in [2.45, 2.75) is 38.1 Å². The lowest BCUT2D eigenvalue weighted by Gasteiger charge is -2.34. The van der Waals surface area contributed by atoms with Crippen LogP contribution in [0.4, 0.5) is 0 Å². The Morgan fingerprint density at radius 2 is 2.33 bits per heavy atom. The summed E-state index contributed by atoms with van der Waals surface area (Å²) < 4.78 is 4.89. The van der Waals surface area contributed by atoms with Crippen LogP contribution in [0.15, 0.2) is 4.99 Å². The molecule has 0 aromatic carbocycles. The predicted octanol–water partition coefficient (Wildman–Crippen LogP) is 1.21. The Morgan fingerprint density at radius 3 is 2.93 bits per heavy atom. The van der Waals surface area contributed by atoms with Crippen LogP contribution in [0.25, 0.3) is 0 Å². The average Bonchev–Trinajstić information content (AvgIpc) is 2.85. The molecule has 0 radical (unpaired) electrons. The fraction of sp³-hybridized carbons (Fsp3) is 0.818. The van der Waals surface area contributed by atoms with Crippen LogP contribution in [0.2, 0.25) is 0 Å². The second-order valence-corrected chi connectivity index (χ2v) is 4.42. The molecule has 84 valence electrons. The summed E-state index contributed by atoms with van der Waals surface area (Å²) in [6.45, 7) is 3.81. The Hall–Kier alpha value is -1.06. The average molecular weight is 210 g/mol. The highest BCUT2D eigenvalue weighted by molar-refractivity contribution is 5.91. The number of nitrogens with zero attached hydrogens (tertiary/aromatic N) is 2. The van der Waals surface area contributed by atoms with Gasteiger partial charge in [0.25, 0.3) is 0 Å². The van der Waals surface area contributed by atoms with E-state index in [-0.39, 0.29) is 5.97 Å². The number of methoxy groups -OCH3 is 1. The molecular formula is C11H18N2O2. The van der Waals surface area contributed by atoms with Crippen molar-refractivity contribution in [1.29, 1.82) is 0 Å². The summed E-state index contributed by atoms with van der Waals surface area (Å²) in [6, 6.07) is 0. The van der Waals surface area contributed by atoms with Crippen molar-refractivity contribution in [3.63, 3.8) is 0 Å². The van der Waals surface area contributed by atoms with Crippen molar-refractivity contribution in [2.24, 2.45) is 4.99 Å². The fourth-order valence-corrected chi connectivity index (χ4v) is 2.55. The van der Waals surface area contributed by atoms with E-state index in [1.54, 1.807) is 0 Å². The molecule has 0 N–H and O–H groups in total. The highest BCUT2D eigenvalue weighted by Crippen LogP contribution is 2.32. The highest BCUT2D eigenvalue weighted by atomic mass is 16.5. The van der Waals surface area contributed by atoms with E-state index in [9.17, 15) is 4.79 Å². The van der Waals surface area contributed by atoms with E-state index in [0.717, 1.165) is 44.6 Å². The molecule has 2 rings (SSSR count). The van der Waals surface area contributed by atoms with Gasteiger partial charge in [0.2, 0.25) is 0 Å². The van der Waals surface area contributed by atoms with Crippen molar-refractivity contribution < 1.29 is 9.53 Å². The van der Waals surface area contributed by atoms with E-state index in [1.165, 1.54) is 7.11 Å². The largest absolute Gasteiger partial charge is 0.467 e. The third-order valence-electron chi connectivity index (χ3n) is 3.43. The van der Waals surface area contributed by atoms with Crippen LogP contribution in [0.5, 0.6) is 0 Å². The number of rotatable bonds is 1. The summed E-state index contributed by atoms with van der Waals surface area (Å²) in [5, 5.41) is 0. The van der Waals surface area contributed by atoms with Crippen LogP contribution in [0.1, 0.15) is 32.6 Å². The van der Waals surface area contributed by atoms with Crippen molar-refractivity contribution in [2.75, 3.05) is 20.2 Å². The molecule has 0 bridgehead atoms. The molecule has 0 unspecified atom stereocenters. The van der Waals surface area contributed by atoms with Crippen molar-refractivity contribution in [1.82, 2.24) is 4.90 Å². The molecule has 0 aliphatic carbocycles. The summed E-state index contributed by atoms with van der Waals surface area (Å²) in [7, 11) is 1.46. The molecule has 0 saturated carbocycles. The lowest BCUT2D eigenvalue weighted by atomic mass is 9.99. The molecule has 2 aliphatic heterocycles. The summed E-state index contributed by atoms with van der Waals surface area (Å²) >= 11 is 0. The minimum absolute atomic E-state index is 0.130. The first-order valence-electron chi connectivity index (χ1n) is 5.58. The van der Waals surface area contributed by atoms with Crippen LogP contribution in [-0.2, 0) is 9.53 Å². The van der Waals surface area contributed by atoms with Gasteiger partial charge in [-0.15, -0.1) is 0 Å². The fourth-order valence-electron chi connectivity index (χ4n) is 2.55.